The lowest BCUT2D eigenvalue weighted by Crippen LogP contribution is -2.26. The Balaban J connectivity index is 1.54. The van der Waals surface area contributed by atoms with E-state index in [0.29, 0.717) is 52.2 Å². The number of nitriles is 1. The van der Waals surface area contributed by atoms with E-state index in [1.165, 1.54) is 4.68 Å². The van der Waals surface area contributed by atoms with Crippen molar-refractivity contribution in [2.24, 2.45) is 0 Å². The molecule has 0 atom stereocenters. The molecule has 186 valence electrons. The molecule has 37 heavy (non-hydrogen) atoms. The first kappa shape index (κ1) is 26.0. The molecular formula is C28H23Cl2N5O2. The van der Waals surface area contributed by atoms with Crippen LogP contribution in [0.25, 0.3) is 5.69 Å². The predicted octanol–water partition coefficient (Wildman–Crippen LogP) is 5.82. The number of benzene rings is 3. The van der Waals surface area contributed by atoms with E-state index in [9.17, 15) is 14.9 Å². The third-order valence-electron chi connectivity index (χ3n) is 5.62. The molecule has 0 radical (unpaired) electrons. The average molecular weight is 532 g/mol. The van der Waals surface area contributed by atoms with Gasteiger partial charge in [0.05, 0.1) is 5.69 Å². The van der Waals surface area contributed by atoms with Crippen molar-refractivity contribution in [3.8, 4) is 11.8 Å². The molecule has 9 heteroatoms. The Kier molecular flexibility index (Phi) is 8.24. The molecule has 0 saturated carbocycles. The maximum absolute atomic E-state index is 13.3. The highest BCUT2D eigenvalue weighted by atomic mass is 35.5. The number of carbonyl (C=O) groups excluding carboxylic acids is 2. The highest BCUT2D eigenvalue weighted by Gasteiger charge is 2.25. The Bertz CT molecular complexity index is 1470. The summed E-state index contributed by atoms with van der Waals surface area (Å²) in [7, 11) is 0. The molecule has 0 fully saturated rings. The standard InChI is InChI=1S/C28H23Cl2N5O2/c1-18-6-8-19(9-7-18)26(36)25-24(17-31)27(35(34-25)23-12-10-21(29)11-13-23)32-14-3-15-33-28(37)20-4-2-5-22(30)16-20/h2,4-13,16,32H,3,14-15H2,1H3,(H,33,37). The molecule has 4 aromatic rings. The van der Waals surface area contributed by atoms with Crippen molar-refractivity contribution in [1.82, 2.24) is 15.1 Å². The van der Waals surface area contributed by atoms with Gasteiger partial charge in [-0.05, 0) is 55.8 Å². The van der Waals surface area contributed by atoms with Gasteiger partial charge in [-0.25, -0.2) is 4.68 Å². The summed E-state index contributed by atoms with van der Waals surface area (Å²) in [5.74, 6) is -0.181. The number of rotatable bonds is 9. The summed E-state index contributed by atoms with van der Waals surface area (Å²) in [5.41, 5.74) is 2.78. The number of aryl methyl sites for hydroxylation is 1. The smallest absolute Gasteiger partial charge is 0.251 e. The molecule has 0 unspecified atom stereocenters. The van der Waals surface area contributed by atoms with E-state index in [4.69, 9.17) is 23.2 Å². The molecule has 0 saturated heterocycles. The Morgan fingerprint density at radius 2 is 1.68 bits per heavy atom. The van der Waals surface area contributed by atoms with Crippen molar-refractivity contribution in [3.05, 3.63) is 111 Å². The van der Waals surface area contributed by atoms with Gasteiger partial charge in [0, 0.05) is 34.3 Å². The lowest BCUT2D eigenvalue weighted by Gasteiger charge is -2.11. The zero-order valence-electron chi connectivity index (χ0n) is 20.0. The predicted molar refractivity (Wildman–Crippen MR) is 145 cm³/mol. The van der Waals surface area contributed by atoms with Gasteiger partial charge in [0.1, 0.15) is 17.5 Å². The largest absolute Gasteiger partial charge is 0.369 e. The van der Waals surface area contributed by atoms with Crippen LogP contribution < -0.4 is 10.6 Å². The van der Waals surface area contributed by atoms with Gasteiger partial charge in [-0.2, -0.15) is 10.4 Å². The topological polar surface area (TPSA) is 99.8 Å². The average Bonchev–Trinajstić information content (AvgIpc) is 3.27. The van der Waals surface area contributed by atoms with Crippen molar-refractivity contribution >= 4 is 40.7 Å². The van der Waals surface area contributed by atoms with Gasteiger partial charge in [-0.1, -0.05) is 59.1 Å². The van der Waals surface area contributed by atoms with Crippen LogP contribution in [-0.4, -0.2) is 34.6 Å². The Labute approximate surface area is 224 Å². The second-order valence-corrected chi connectivity index (χ2v) is 9.19. The summed E-state index contributed by atoms with van der Waals surface area (Å²) in [5, 5.41) is 21.6. The molecule has 3 aromatic carbocycles. The first-order valence-corrected chi connectivity index (χ1v) is 12.3. The molecule has 0 spiro atoms. The van der Waals surface area contributed by atoms with E-state index in [1.807, 2.05) is 19.1 Å². The number of ketones is 1. The zero-order chi connectivity index (χ0) is 26.4. The quantitative estimate of drug-likeness (QED) is 0.209. The van der Waals surface area contributed by atoms with Crippen LogP contribution in [0.2, 0.25) is 10.0 Å². The van der Waals surface area contributed by atoms with Crippen molar-refractivity contribution in [3.63, 3.8) is 0 Å². The third-order valence-corrected chi connectivity index (χ3v) is 6.10. The normalized spacial score (nSPS) is 10.5. The molecule has 1 heterocycles. The number of hydrogen-bond acceptors (Lipinski definition) is 5. The molecule has 4 rings (SSSR count). The van der Waals surface area contributed by atoms with E-state index in [0.717, 1.165) is 5.56 Å². The first-order chi connectivity index (χ1) is 17.9. The van der Waals surface area contributed by atoms with Crippen LogP contribution in [0.5, 0.6) is 0 Å². The highest BCUT2D eigenvalue weighted by molar-refractivity contribution is 6.31. The minimum absolute atomic E-state index is 0.0538. The third kappa shape index (κ3) is 6.18. The molecule has 2 N–H and O–H groups in total. The molecule has 0 bridgehead atoms. The monoisotopic (exact) mass is 531 g/mol. The van der Waals surface area contributed by atoms with Crippen LogP contribution in [-0.2, 0) is 0 Å². The summed E-state index contributed by atoms with van der Waals surface area (Å²) in [4.78, 5) is 25.6. The van der Waals surface area contributed by atoms with Gasteiger partial charge < -0.3 is 10.6 Å². The molecule has 1 aromatic heterocycles. The number of nitrogens with one attached hydrogen (secondary N) is 2. The van der Waals surface area contributed by atoms with Crippen molar-refractivity contribution in [2.45, 2.75) is 13.3 Å². The number of anilines is 1. The van der Waals surface area contributed by atoms with Gasteiger partial charge in [-0.3, -0.25) is 9.59 Å². The highest BCUT2D eigenvalue weighted by Crippen LogP contribution is 2.26. The van der Waals surface area contributed by atoms with Gasteiger partial charge in [-0.15, -0.1) is 0 Å². The van der Waals surface area contributed by atoms with Gasteiger partial charge in [0.25, 0.3) is 5.91 Å². The first-order valence-electron chi connectivity index (χ1n) is 11.6. The maximum atomic E-state index is 13.3. The number of aromatic nitrogens is 2. The van der Waals surface area contributed by atoms with Gasteiger partial charge in [0.15, 0.2) is 5.69 Å². The number of carbonyl (C=O) groups is 2. The summed E-state index contributed by atoms with van der Waals surface area (Å²) in [6.45, 7) is 2.75. The summed E-state index contributed by atoms with van der Waals surface area (Å²) >= 11 is 12.0. The molecule has 7 nitrogen and oxygen atoms in total. The molecular weight excluding hydrogens is 509 g/mol. The van der Waals surface area contributed by atoms with Crippen LogP contribution in [0, 0.1) is 18.3 Å². The van der Waals surface area contributed by atoms with Crippen molar-refractivity contribution in [2.75, 3.05) is 18.4 Å². The number of halogens is 2. The van der Waals surface area contributed by atoms with E-state index >= 15 is 0 Å². The van der Waals surface area contributed by atoms with Crippen LogP contribution >= 0.6 is 23.2 Å². The second-order valence-electron chi connectivity index (χ2n) is 8.31. The van der Waals surface area contributed by atoms with Gasteiger partial charge >= 0.3 is 0 Å². The van der Waals surface area contributed by atoms with Crippen molar-refractivity contribution in [1.29, 1.82) is 5.26 Å². The minimum atomic E-state index is -0.346. The molecule has 0 aliphatic carbocycles. The zero-order valence-corrected chi connectivity index (χ0v) is 21.5. The summed E-state index contributed by atoms with van der Waals surface area (Å²) in [6, 6.07) is 22.9. The summed E-state index contributed by atoms with van der Waals surface area (Å²) in [6.07, 6.45) is 0.560. The van der Waals surface area contributed by atoms with E-state index in [2.05, 4.69) is 21.8 Å². The Morgan fingerprint density at radius 1 is 0.946 bits per heavy atom. The Hall–Kier alpha value is -4.12. The maximum Gasteiger partial charge on any atom is 0.251 e. The van der Waals surface area contributed by atoms with E-state index in [-0.39, 0.29) is 22.9 Å². The van der Waals surface area contributed by atoms with Gasteiger partial charge in [0.2, 0.25) is 5.78 Å². The fourth-order valence-electron chi connectivity index (χ4n) is 3.69. The van der Waals surface area contributed by atoms with Crippen molar-refractivity contribution < 1.29 is 9.59 Å². The molecule has 0 aliphatic heterocycles. The molecule has 1 amide bonds. The van der Waals surface area contributed by atoms with E-state index in [1.54, 1.807) is 60.7 Å². The van der Waals surface area contributed by atoms with Crippen LogP contribution in [0.3, 0.4) is 0 Å². The van der Waals surface area contributed by atoms with E-state index < -0.39 is 0 Å². The minimum Gasteiger partial charge on any atom is -0.369 e. The van der Waals surface area contributed by atoms with Crippen LogP contribution in [0.15, 0.2) is 72.8 Å². The SMILES string of the molecule is Cc1ccc(C(=O)c2nn(-c3ccc(Cl)cc3)c(NCCCNC(=O)c3cccc(Cl)c3)c2C#N)cc1. The van der Waals surface area contributed by atoms with Crippen LogP contribution in [0.4, 0.5) is 5.82 Å². The Morgan fingerprint density at radius 3 is 2.35 bits per heavy atom. The van der Waals surface area contributed by atoms with Crippen LogP contribution in [0.1, 0.15) is 44.0 Å². The number of nitrogens with zero attached hydrogens (tertiary/aromatic N) is 3. The molecule has 0 aliphatic rings. The number of hydrogen-bond donors (Lipinski definition) is 2. The lowest BCUT2D eigenvalue weighted by molar-refractivity contribution is 0.0952. The fourth-order valence-corrected chi connectivity index (χ4v) is 4.00. The summed E-state index contributed by atoms with van der Waals surface area (Å²) < 4.78 is 1.53. The lowest BCUT2D eigenvalue weighted by atomic mass is 10.0. The number of amides is 1. The second kappa shape index (κ2) is 11.7. The fraction of sp³-hybridized carbons (Fsp3) is 0.143.